The van der Waals surface area contributed by atoms with Crippen LogP contribution in [0.4, 0.5) is 5.82 Å². The highest BCUT2D eigenvalue weighted by atomic mass is 32.1. The largest absolute Gasteiger partial charge is 0.493 e. The summed E-state index contributed by atoms with van der Waals surface area (Å²) in [7, 11) is 1.55. The number of ether oxygens (including phenoxy) is 2. The Morgan fingerprint density at radius 2 is 1.70 bits per heavy atom. The maximum atomic E-state index is 13.2. The van der Waals surface area contributed by atoms with E-state index in [-0.39, 0.29) is 47.6 Å². The third kappa shape index (κ3) is 7.83. The normalized spacial score (nSPS) is 17.0. The third-order valence-electron chi connectivity index (χ3n) is 8.70. The van der Waals surface area contributed by atoms with Crippen LogP contribution < -0.4 is 25.4 Å². The van der Waals surface area contributed by atoms with E-state index >= 15 is 0 Å². The molecule has 1 unspecified atom stereocenters. The topological polar surface area (TPSA) is 186 Å². The summed E-state index contributed by atoms with van der Waals surface area (Å²) >= 11 is 1.22. The van der Waals surface area contributed by atoms with Gasteiger partial charge in [-0.25, -0.2) is 9.97 Å². The second kappa shape index (κ2) is 15.6. The zero-order valence-electron chi connectivity index (χ0n) is 27.6. The van der Waals surface area contributed by atoms with Gasteiger partial charge < -0.3 is 20.1 Å². The number of hydrogen-bond acceptors (Lipinski definition) is 11. The Labute approximate surface area is 292 Å². The number of nitrogens with zero attached hydrogens (tertiary/aromatic N) is 3. The first-order valence-corrected chi connectivity index (χ1v) is 17.7. The van der Waals surface area contributed by atoms with Crippen LogP contribution in [-0.4, -0.2) is 76.6 Å². The highest BCUT2D eigenvalue weighted by Gasteiger charge is 2.46. The Hall–Kier alpha value is -5.18. The number of thiazole rings is 1. The number of nitrogens with one attached hydrogen (secondary N) is 3. The van der Waals surface area contributed by atoms with Gasteiger partial charge in [0.05, 0.1) is 24.3 Å². The number of fused-ring (bicyclic) bond motifs is 1. The molecule has 262 valence electrons. The van der Waals surface area contributed by atoms with Crippen molar-refractivity contribution in [2.24, 2.45) is 5.92 Å². The number of carbonyl (C=O) groups is 6. The van der Waals surface area contributed by atoms with Crippen LogP contribution in [0, 0.1) is 5.92 Å². The maximum Gasteiger partial charge on any atom is 0.266 e. The Morgan fingerprint density at radius 1 is 0.960 bits per heavy atom. The zero-order valence-corrected chi connectivity index (χ0v) is 28.4. The summed E-state index contributed by atoms with van der Waals surface area (Å²) < 4.78 is 11.9. The molecule has 3 aromatic rings. The zero-order chi connectivity index (χ0) is 35.2. The van der Waals surface area contributed by atoms with Gasteiger partial charge in [0.25, 0.3) is 17.7 Å². The Balaban J connectivity index is 0.920. The van der Waals surface area contributed by atoms with Gasteiger partial charge in [0.15, 0.2) is 4.88 Å². The molecule has 0 bridgehead atoms. The van der Waals surface area contributed by atoms with E-state index in [1.807, 2.05) is 0 Å². The predicted octanol–water partition coefficient (Wildman–Crippen LogP) is 4.11. The number of imide groups is 2. The van der Waals surface area contributed by atoms with Crippen molar-refractivity contribution in [3.63, 3.8) is 0 Å². The average molecular weight is 703 g/mol. The molecular formula is C35H38N6O8S. The van der Waals surface area contributed by atoms with E-state index in [1.165, 1.54) is 11.3 Å². The van der Waals surface area contributed by atoms with Gasteiger partial charge in [0.2, 0.25) is 23.6 Å². The summed E-state index contributed by atoms with van der Waals surface area (Å²) in [6, 6.07) is 7.32. The molecule has 3 aliphatic rings. The minimum Gasteiger partial charge on any atom is -0.493 e. The molecule has 15 heteroatoms. The third-order valence-corrected chi connectivity index (χ3v) is 9.79. The number of pyridine rings is 1. The number of piperidine rings is 1. The Bertz CT molecular complexity index is 1820. The second-order valence-corrected chi connectivity index (χ2v) is 13.4. The summed E-state index contributed by atoms with van der Waals surface area (Å²) in [5.41, 5.74) is 1.07. The van der Waals surface area contributed by atoms with E-state index in [9.17, 15) is 28.8 Å². The summed E-state index contributed by atoms with van der Waals surface area (Å²) in [5.74, 6) is -1.47. The first-order valence-electron chi connectivity index (χ1n) is 16.9. The van der Waals surface area contributed by atoms with Crippen molar-refractivity contribution in [2.75, 3.05) is 25.6 Å². The molecule has 4 heterocycles. The van der Waals surface area contributed by atoms with E-state index < -0.39 is 29.7 Å². The standard InChI is InChI=1S/C35H38N6O8S/c1-36-31(45)28-32(40-33(50-28)21-15-16-37-25(19-21)38-29(43)20-11-12-20)49-18-7-5-3-2-4-6-17-48-24-10-8-9-22-27(24)35(47)41(34(22)46)23-13-14-26(42)39-30(23)44/h8-10,15-16,19-20,23H,2-7,11-14,17-18H2,1H3,(H,36,45)(H,37,38,43)(H,39,42,44). The first-order chi connectivity index (χ1) is 24.2. The molecule has 2 aliphatic heterocycles. The van der Waals surface area contributed by atoms with Gasteiger partial charge in [-0.3, -0.25) is 39.0 Å². The number of hydrogen-bond donors (Lipinski definition) is 3. The summed E-state index contributed by atoms with van der Waals surface area (Å²) in [5, 5.41) is 8.27. The second-order valence-electron chi connectivity index (χ2n) is 12.4. The van der Waals surface area contributed by atoms with E-state index in [1.54, 1.807) is 43.6 Å². The van der Waals surface area contributed by atoms with Crippen LogP contribution in [0.5, 0.6) is 11.6 Å². The molecule has 1 aromatic carbocycles. The SMILES string of the molecule is CNC(=O)c1sc(-c2ccnc(NC(=O)C3CC3)c2)nc1OCCCCCCCCOc1cccc2c1C(=O)N(C1CCC(=O)NC1=O)C2=O. The Morgan fingerprint density at radius 3 is 2.42 bits per heavy atom. The highest BCUT2D eigenvalue weighted by molar-refractivity contribution is 7.17. The number of aromatic nitrogens is 2. The van der Waals surface area contributed by atoms with Gasteiger partial charge >= 0.3 is 0 Å². The van der Waals surface area contributed by atoms with Crippen LogP contribution in [-0.2, 0) is 14.4 Å². The molecule has 0 radical (unpaired) electrons. The minimum atomic E-state index is -1.02. The van der Waals surface area contributed by atoms with E-state index in [0.29, 0.717) is 34.7 Å². The quantitative estimate of drug-likeness (QED) is 0.145. The average Bonchev–Trinajstić information content (AvgIpc) is 3.83. The van der Waals surface area contributed by atoms with E-state index in [0.717, 1.165) is 61.8 Å². The summed E-state index contributed by atoms with van der Waals surface area (Å²) in [6.45, 7) is 0.761. The summed E-state index contributed by atoms with van der Waals surface area (Å²) in [4.78, 5) is 84.9. The van der Waals surface area contributed by atoms with Crippen LogP contribution in [0.1, 0.15) is 94.6 Å². The number of carbonyl (C=O) groups excluding carboxylic acids is 6. The van der Waals surface area contributed by atoms with Gasteiger partial charge in [-0.1, -0.05) is 31.7 Å². The summed E-state index contributed by atoms with van der Waals surface area (Å²) in [6.07, 6.45) is 8.81. The van der Waals surface area contributed by atoms with Crippen LogP contribution >= 0.6 is 11.3 Å². The van der Waals surface area contributed by atoms with E-state index in [4.69, 9.17) is 9.47 Å². The van der Waals surface area contributed by atoms with Crippen molar-refractivity contribution in [2.45, 2.75) is 70.3 Å². The fourth-order valence-electron chi connectivity index (χ4n) is 5.86. The van der Waals surface area contributed by atoms with Gasteiger partial charge in [0.1, 0.15) is 22.6 Å². The van der Waals surface area contributed by atoms with Gasteiger partial charge in [-0.05, 0) is 56.4 Å². The molecule has 2 fully saturated rings. The fraction of sp³-hybridized carbons (Fsp3) is 0.429. The van der Waals surface area contributed by atoms with Crippen LogP contribution in [0.25, 0.3) is 10.6 Å². The van der Waals surface area contributed by atoms with Crippen molar-refractivity contribution < 1.29 is 38.2 Å². The highest BCUT2D eigenvalue weighted by Crippen LogP contribution is 2.35. The monoisotopic (exact) mass is 702 g/mol. The van der Waals surface area contributed by atoms with Crippen LogP contribution in [0.3, 0.4) is 0 Å². The number of benzene rings is 1. The fourth-order valence-corrected chi connectivity index (χ4v) is 6.81. The molecule has 0 spiro atoms. The number of amides is 6. The van der Waals surface area contributed by atoms with Crippen LogP contribution in [0.15, 0.2) is 36.5 Å². The molecule has 3 N–H and O–H groups in total. The molecule has 6 amide bonds. The molecule has 50 heavy (non-hydrogen) atoms. The molecule has 6 rings (SSSR count). The molecule has 1 saturated carbocycles. The van der Waals surface area contributed by atoms with Crippen molar-refractivity contribution in [1.82, 2.24) is 25.5 Å². The molecule has 1 aliphatic carbocycles. The van der Waals surface area contributed by atoms with Gasteiger partial charge in [0, 0.05) is 31.1 Å². The molecule has 2 aromatic heterocycles. The first kappa shape index (κ1) is 34.7. The lowest BCUT2D eigenvalue weighted by Gasteiger charge is -2.27. The Kier molecular flexibility index (Phi) is 10.8. The number of rotatable bonds is 16. The maximum absolute atomic E-state index is 13.2. The minimum absolute atomic E-state index is 0.0368. The molecule has 14 nitrogen and oxygen atoms in total. The molecule has 1 saturated heterocycles. The van der Waals surface area contributed by atoms with Gasteiger partial charge in [-0.15, -0.1) is 11.3 Å². The van der Waals surface area contributed by atoms with Crippen molar-refractivity contribution in [1.29, 1.82) is 0 Å². The molecular weight excluding hydrogens is 664 g/mol. The molecule has 1 atom stereocenters. The van der Waals surface area contributed by atoms with Crippen molar-refractivity contribution in [3.8, 4) is 22.2 Å². The van der Waals surface area contributed by atoms with Crippen molar-refractivity contribution >= 4 is 52.6 Å². The van der Waals surface area contributed by atoms with Crippen LogP contribution in [0.2, 0.25) is 0 Å². The van der Waals surface area contributed by atoms with Crippen molar-refractivity contribution in [3.05, 3.63) is 52.5 Å². The predicted molar refractivity (Wildman–Crippen MR) is 182 cm³/mol. The number of anilines is 1. The lowest BCUT2D eigenvalue weighted by atomic mass is 10.0. The number of unbranched alkanes of at least 4 members (excludes halogenated alkanes) is 5. The lowest BCUT2D eigenvalue weighted by Crippen LogP contribution is -2.54. The lowest BCUT2D eigenvalue weighted by molar-refractivity contribution is -0.136. The smallest absolute Gasteiger partial charge is 0.266 e. The van der Waals surface area contributed by atoms with Gasteiger partial charge in [-0.2, -0.15) is 0 Å². The van der Waals surface area contributed by atoms with E-state index in [2.05, 4.69) is 25.9 Å².